The van der Waals surface area contributed by atoms with Crippen LogP contribution in [0.5, 0.6) is 0 Å². The second kappa shape index (κ2) is 5.35. The van der Waals surface area contributed by atoms with Crippen molar-refractivity contribution in [2.45, 2.75) is 13.0 Å². The van der Waals surface area contributed by atoms with E-state index < -0.39 is 6.10 Å². The number of rotatable bonds is 4. The van der Waals surface area contributed by atoms with Crippen LogP contribution < -0.4 is 4.90 Å². The van der Waals surface area contributed by atoms with E-state index in [0.717, 1.165) is 11.3 Å². The Morgan fingerprint density at radius 1 is 1.44 bits per heavy atom. The van der Waals surface area contributed by atoms with Crippen LogP contribution in [0.1, 0.15) is 18.6 Å². The standard InChI is InChI=1S/C13H17NO2/c1-5-13(16-10(2)15)11-8-6-7-9-12(11)14(3)4/h5-9,13H,1H2,2-4H3. The molecule has 1 aromatic rings. The van der Waals surface area contributed by atoms with E-state index in [-0.39, 0.29) is 5.97 Å². The highest BCUT2D eigenvalue weighted by Gasteiger charge is 2.15. The molecule has 1 rings (SSSR count). The number of benzene rings is 1. The Morgan fingerprint density at radius 3 is 2.56 bits per heavy atom. The van der Waals surface area contributed by atoms with Gasteiger partial charge in [-0.3, -0.25) is 4.79 Å². The summed E-state index contributed by atoms with van der Waals surface area (Å²) in [7, 11) is 3.90. The molecule has 0 bridgehead atoms. The third kappa shape index (κ3) is 2.86. The molecule has 0 spiro atoms. The maximum atomic E-state index is 11.0. The van der Waals surface area contributed by atoms with Crippen LogP contribution in [0.4, 0.5) is 5.69 Å². The molecule has 0 saturated carbocycles. The molecule has 0 radical (unpaired) electrons. The van der Waals surface area contributed by atoms with Crippen molar-refractivity contribution in [2.24, 2.45) is 0 Å². The third-order valence-corrected chi connectivity index (χ3v) is 2.23. The Labute approximate surface area is 96.3 Å². The van der Waals surface area contributed by atoms with Gasteiger partial charge in [-0.2, -0.15) is 0 Å². The molecule has 0 N–H and O–H groups in total. The van der Waals surface area contributed by atoms with E-state index in [1.165, 1.54) is 6.92 Å². The first-order valence-electron chi connectivity index (χ1n) is 5.12. The fraction of sp³-hybridized carbons (Fsp3) is 0.308. The van der Waals surface area contributed by atoms with Crippen LogP contribution in [0.25, 0.3) is 0 Å². The van der Waals surface area contributed by atoms with E-state index in [9.17, 15) is 4.79 Å². The van der Waals surface area contributed by atoms with Gasteiger partial charge in [0.25, 0.3) is 0 Å². The Morgan fingerprint density at radius 2 is 2.06 bits per heavy atom. The lowest BCUT2D eigenvalue weighted by molar-refractivity contribution is -0.144. The first-order chi connectivity index (χ1) is 7.56. The maximum absolute atomic E-state index is 11.0. The summed E-state index contributed by atoms with van der Waals surface area (Å²) >= 11 is 0. The molecule has 1 unspecified atom stereocenters. The average molecular weight is 219 g/mol. The SMILES string of the molecule is C=CC(OC(C)=O)c1ccccc1N(C)C. The molecule has 0 saturated heterocycles. The molecular weight excluding hydrogens is 202 g/mol. The molecule has 3 nitrogen and oxygen atoms in total. The number of hydrogen-bond acceptors (Lipinski definition) is 3. The highest BCUT2D eigenvalue weighted by atomic mass is 16.5. The van der Waals surface area contributed by atoms with Crippen molar-refractivity contribution in [3.8, 4) is 0 Å². The van der Waals surface area contributed by atoms with Gasteiger partial charge in [0.05, 0.1) is 0 Å². The van der Waals surface area contributed by atoms with Crippen LogP contribution in [0.15, 0.2) is 36.9 Å². The monoisotopic (exact) mass is 219 g/mol. The number of para-hydroxylation sites is 1. The number of carbonyl (C=O) groups excluding carboxylic acids is 1. The van der Waals surface area contributed by atoms with E-state index >= 15 is 0 Å². The third-order valence-electron chi connectivity index (χ3n) is 2.23. The van der Waals surface area contributed by atoms with Crippen molar-refractivity contribution >= 4 is 11.7 Å². The van der Waals surface area contributed by atoms with Gasteiger partial charge in [0, 0.05) is 32.3 Å². The van der Waals surface area contributed by atoms with Gasteiger partial charge < -0.3 is 9.64 Å². The first kappa shape index (κ1) is 12.3. The molecule has 0 aromatic heterocycles. The van der Waals surface area contributed by atoms with Crippen LogP contribution >= 0.6 is 0 Å². The predicted octanol–water partition coefficient (Wildman–Crippen LogP) is 2.54. The molecule has 0 aliphatic rings. The summed E-state index contributed by atoms with van der Waals surface area (Å²) in [6, 6.07) is 7.79. The number of carbonyl (C=O) groups is 1. The largest absolute Gasteiger partial charge is 0.453 e. The summed E-state index contributed by atoms with van der Waals surface area (Å²) in [5.41, 5.74) is 1.96. The first-order valence-corrected chi connectivity index (χ1v) is 5.12. The summed E-state index contributed by atoms with van der Waals surface area (Å²) in [6.45, 7) is 5.09. The molecule has 1 atom stereocenters. The zero-order valence-electron chi connectivity index (χ0n) is 9.93. The van der Waals surface area contributed by atoms with Gasteiger partial charge in [0.2, 0.25) is 0 Å². The number of esters is 1. The molecular formula is C13H17NO2. The van der Waals surface area contributed by atoms with Crippen molar-refractivity contribution in [1.82, 2.24) is 0 Å². The number of hydrogen-bond donors (Lipinski definition) is 0. The second-order valence-electron chi connectivity index (χ2n) is 3.72. The summed E-state index contributed by atoms with van der Waals surface area (Å²) in [5, 5.41) is 0. The van der Waals surface area contributed by atoms with Crippen LogP contribution in [0.3, 0.4) is 0 Å². The van der Waals surface area contributed by atoms with Crippen molar-refractivity contribution in [3.63, 3.8) is 0 Å². The Kier molecular flexibility index (Phi) is 4.11. The lowest BCUT2D eigenvalue weighted by Gasteiger charge is -2.21. The minimum atomic E-state index is -0.393. The second-order valence-corrected chi connectivity index (χ2v) is 3.72. The summed E-state index contributed by atoms with van der Waals surface area (Å²) < 4.78 is 5.19. The van der Waals surface area contributed by atoms with Crippen molar-refractivity contribution in [1.29, 1.82) is 0 Å². The van der Waals surface area contributed by atoms with Crippen molar-refractivity contribution in [2.75, 3.05) is 19.0 Å². The maximum Gasteiger partial charge on any atom is 0.303 e. The topological polar surface area (TPSA) is 29.5 Å². The van der Waals surface area contributed by atoms with E-state index in [2.05, 4.69) is 6.58 Å². The van der Waals surface area contributed by atoms with Crippen LogP contribution in [0, 0.1) is 0 Å². The van der Waals surface area contributed by atoms with E-state index in [1.54, 1.807) is 6.08 Å². The number of anilines is 1. The summed E-state index contributed by atoms with van der Waals surface area (Å²) in [5.74, 6) is -0.307. The number of ether oxygens (including phenoxy) is 1. The summed E-state index contributed by atoms with van der Waals surface area (Å²) in [4.78, 5) is 13.0. The Hall–Kier alpha value is -1.77. The molecule has 0 heterocycles. The van der Waals surface area contributed by atoms with Gasteiger partial charge in [-0.1, -0.05) is 24.8 Å². The van der Waals surface area contributed by atoms with Gasteiger partial charge in [-0.15, -0.1) is 0 Å². The fourth-order valence-corrected chi connectivity index (χ4v) is 1.55. The smallest absolute Gasteiger partial charge is 0.303 e. The van der Waals surface area contributed by atoms with E-state index in [1.807, 2.05) is 43.3 Å². The molecule has 0 aliphatic carbocycles. The molecule has 1 aromatic carbocycles. The molecule has 0 amide bonds. The van der Waals surface area contributed by atoms with Gasteiger partial charge in [0.1, 0.15) is 6.10 Å². The lowest BCUT2D eigenvalue weighted by Crippen LogP contribution is -2.14. The molecule has 0 fully saturated rings. The molecule has 16 heavy (non-hydrogen) atoms. The van der Waals surface area contributed by atoms with E-state index in [4.69, 9.17) is 4.74 Å². The van der Waals surface area contributed by atoms with Gasteiger partial charge in [-0.05, 0) is 12.1 Å². The number of nitrogens with zero attached hydrogens (tertiary/aromatic N) is 1. The highest BCUT2D eigenvalue weighted by molar-refractivity contribution is 5.67. The normalized spacial score (nSPS) is 11.7. The van der Waals surface area contributed by atoms with Gasteiger partial charge in [-0.25, -0.2) is 0 Å². The van der Waals surface area contributed by atoms with Gasteiger partial charge in [0.15, 0.2) is 0 Å². The van der Waals surface area contributed by atoms with Crippen LogP contribution in [-0.4, -0.2) is 20.1 Å². The zero-order valence-corrected chi connectivity index (χ0v) is 9.93. The Bertz CT molecular complexity index is 385. The van der Waals surface area contributed by atoms with E-state index in [0.29, 0.717) is 0 Å². The average Bonchev–Trinajstić information content (AvgIpc) is 2.25. The predicted molar refractivity (Wildman–Crippen MR) is 65.5 cm³/mol. The molecule has 3 heteroatoms. The molecule has 86 valence electrons. The van der Waals surface area contributed by atoms with Crippen molar-refractivity contribution in [3.05, 3.63) is 42.5 Å². The molecule has 0 aliphatic heterocycles. The zero-order chi connectivity index (χ0) is 12.1. The van der Waals surface area contributed by atoms with Crippen molar-refractivity contribution < 1.29 is 9.53 Å². The van der Waals surface area contributed by atoms with Gasteiger partial charge >= 0.3 is 5.97 Å². The highest BCUT2D eigenvalue weighted by Crippen LogP contribution is 2.28. The van der Waals surface area contributed by atoms with Crippen LogP contribution in [-0.2, 0) is 9.53 Å². The minimum absolute atomic E-state index is 0.307. The Balaban J connectivity index is 3.08. The quantitative estimate of drug-likeness (QED) is 0.575. The summed E-state index contributed by atoms with van der Waals surface area (Å²) in [6.07, 6.45) is 1.24. The van der Waals surface area contributed by atoms with Crippen LogP contribution in [0.2, 0.25) is 0 Å². The minimum Gasteiger partial charge on any atom is -0.453 e. The lowest BCUT2D eigenvalue weighted by atomic mass is 10.1. The fourth-order valence-electron chi connectivity index (χ4n) is 1.55.